The van der Waals surface area contributed by atoms with Crippen molar-refractivity contribution in [2.45, 2.75) is 51.8 Å². The van der Waals surface area contributed by atoms with Gasteiger partial charge in [-0.15, -0.1) is 0 Å². The topological polar surface area (TPSA) is 38.7 Å². The Labute approximate surface area is 79.3 Å². The molecular formula is C10H18O3. The third-order valence-electron chi connectivity index (χ3n) is 1.76. The molecule has 0 spiro atoms. The molecule has 13 heavy (non-hydrogen) atoms. The van der Waals surface area contributed by atoms with Gasteiger partial charge in [0.15, 0.2) is 6.29 Å². The fraction of sp³-hybridized carbons (Fsp3) is 0.800. The Morgan fingerprint density at radius 3 is 2.38 bits per heavy atom. The SMILES string of the molecule is C[C@H]1OC(OC(C)(C)C)C=C[C@@H]1O. The summed E-state index contributed by atoms with van der Waals surface area (Å²) in [5.41, 5.74) is -0.225. The summed E-state index contributed by atoms with van der Waals surface area (Å²) in [6.45, 7) is 7.74. The zero-order chi connectivity index (χ0) is 10.1. The molecule has 0 radical (unpaired) electrons. The minimum absolute atomic E-state index is 0.197. The molecule has 0 aromatic rings. The molecule has 1 heterocycles. The highest BCUT2D eigenvalue weighted by atomic mass is 16.7. The fourth-order valence-corrected chi connectivity index (χ4v) is 1.11. The highest BCUT2D eigenvalue weighted by Crippen LogP contribution is 2.18. The molecule has 0 aromatic heterocycles. The Balaban J connectivity index is 2.51. The van der Waals surface area contributed by atoms with Crippen LogP contribution in [0.4, 0.5) is 0 Å². The van der Waals surface area contributed by atoms with E-state index >= 15 is 0 Å². The lowest BCUT2D eigenvalue weighted by Gasteiger charge is -2.31. The first-order valence-electron chi connectivity index (χ1n) is 4.58. The van der Waals surface area contributed by atoms with Crippen molar-refractivity contribution < 1.29 is 14.6 Å². The van der Waals surface area contributed by atoms with E-state index < -0.39 is 6.10 Å². The van der Waals surface area contributed by atoms with Crippen LogP contribution in [0.25, 0.3) is 0 Å². The number of aliphatic hydroxyl groups excluding tert-OH is 1. The van der Waals surface area contributed by atoms with Crippen molar-refractivity contribution in [3.8, 4) is 0 Å². The van der Waals surface area contributed by atoms with E-state index in [9.17, 15) is 5.11 Å². The van der Waals surface area contributed by atoms with E-state index in [4.69, 9.17) is 9.47 Å². The van der Waals surface area contributed by atoms with Gasteiger partial charge in [0.2, 0.25) is 0 Å². The number of rotatable bonds is 1. The van der Waals surface area contributed by atoms with Crippen LogP contribution >= 0.6 is 0 Å². The van der Waals surface area contributed by atoms with E-state index in [-0.39, 0.29) is 18.0 Å². The lowest BCUT2D eigenvalue weighted by molar-refractivity contribution is -0.205. The standard InChI is InChI=1S/C10H18O3/c1-7-8(11)5-6-9(12-7)13-10(2,3)4/h5-9,11H,1-4H3/t7-,8+,9?/m1/s1. The first-order chi connectivity index (χ1) is 5.88. The quantitative estimate of drug-likeness (QED) is 0.630. The van der Waals surface area contributed by atoms with E-state index in [1.54, 1.807) is 12.2 Å². The molecule has 0 aromatic carbocycles. The predicted octanol–water partition coefficient (Wildman–Crippen LogP) is 1.46. The first kappa shape index (κ1) is 10.7. The van der Waals surface area contributed by atoms with Gasteiger partial charge in [-0.25, -0.2) is 0 Å². The second kappa shape index (κ2) is 3.78. The van der Waals surface area contributed by atoms with Gasteiger partial charge in [0.25, 0.3) is 0 Å². The maximum Gasteiger partial charge on any atom is 0.178 e. The Kier molecular flexibility index (Phi) is 3.11. The molecule has 0 aliphatic carbocycles. The van der Waals surface area contributed by atoms with Crippen LogP contribution in [0.15, 0.2) is 12.2 Å². The van der Waals surface area contributed by atoms with E-state index in [1.807, 2.05) is 27.7 Å². The zero-order valence-corrected chi connectivity index (χ0v) is 8.65. The highest BCUT2D eigenvalue weighted by molar-refractivity contribution is 4.98. The average Bonchev–Trinajstić information content (AvgIpc) is 1.94. The van der Waals surface area contributed by atoms with E-state index in [2.05, 4.69) is 0 Å². The Morgan fingerprint density at radius 2 is 1.92 bits per heavy atom. The number of ether oxygens (including phenoxy) is 2. The minimum atomic E-state index is -0.514. The van der Waals surface area contributed by atoms with Crippen LogP contribution in [0, 0.1) is 0 Å². The maximum atomic E-state index is 9.33. The molecule has 0 saturated carbocycles. The summed E-state index contributed by atoms with van der Waals surface area (Å²) in [7, 11) is 0. The van der Waals surface area contributed by atoms with E-state index in [0.29, 0.717) is 0 Å². The van der Waals surface area contributed by atoms with Gasteiger partial charge in [-0.05, 0) is 33.8 Å². The molecule has 1 N–H and O–H groups in total. The molecule has 1 rings (SSSR count). The van der Waals surface area contributed by atoms with Crippen LogP contribution in [0.2, 0.25) is 0 Å². The summed E-state index contributed by atoms with van der Waals surface area (Å²) >= 11 is 0. The molecule has 1 unspecified atom stereocenters. The van der Waals surface area contributed by atoms with Crippen molar-refractivity contribution in [3.05, 3.63) is 12.2 Å². The summed E-state index contributed by atoms with van der Waals surface area (Å²) < 4.78 is 11.0. The van der Waals surface area contributed by atoms with Crippen LogP contribution in [0.1, 0.15) is 27.7 Å². The molecule has 0 bridgehead atoms. The van der Waals surface area contributed by atoms with E-state index in [1.165, 1.54) is 0 Å². The molecule has 0 saturated heterocycles. The van der Waals surface area contributed by atoms with E-state index in [0.717, 1.165) is 0 Å². The van der Waals surface area contributed by atoms with Crippen molar-refractivity contribution in [2.75, 3.05) is 0 Å². The smallest absolute Gasteiger partial charge is 0.178 e. The third kappa shape index (κ3) is 3.46. The van der Waals surface area contributed by atoms with Gasteiger partial charge in [0.1, 0.15) is 0 Å². The second-order valence-corrected chi connectivity index (χ2v) is 4.32. The molecule has 3 heteroatoms. The van der Waals surface area contributed by atoms with Gasteiger partial charge in [-0.1, -0.05) is 6.08 Å². The highest BCUT2D eigenvalue weighted by Gasteiger charge is 2.25. The molecule has 0 fully saturated rings. The van der Waals surface area contributed by atoms with Gasteiger partial charge in [-0.3, -0.25) is 0 Å². The largest absolute Gasteiger partial charge is 0.386 e. The Bertz CT molecular complexity index is 193. The molecule has 3 nitrogen and oxygen atoms in total. The van der Waals surface area contributed by atoms with Crippen LogP contribution in [0.5, 0.6) is 0 Å². The van der Waals surface area contributed by atoms with Gasteiger partial charge >= 0.3 is 0 Å². The third-order valence-corrected chi connectivity index (χ3v) is 1.76. The molecule has 1 aliphatic rings. The van der Waals surface area contributed by atoms with Gasteiger partial charge in [0, 0.05) is 0 Å². The Hall–Kier alpha value is -0.380. The fourth-order valence-electron chi connectivity index (χ4n) is 1.11. The first-order valence-corrected chi connectivity index (χ1v) is 4.58. The van der Waals surface area contributed by atoms with Crippen molar-refractivity contribution in [3.63, 3.8) is 0 Å². The van der Waals surface area contributed by atoms with Crippen LogP contribution in [-0.4, -0.2) is 29.2 Å². The summed E-state index contributed by atoms with van der Waals surface area (Å²) in [4.78, 5) is 0. The van der Waals surface area contributed by atoms with Gasteiger partial charge in [-0.2, -0.15) is 0 Å². The summed E-state index contributed by atoms with van der Waals surface area (Å²) in [6.07, 6.45) is 2.41. The van der Waals surface area contributed by atoms with Crippen molar-refractivity contribution in [1.29, 1.82) is 0 Å². The van der Waals surface area contributed by atoms with Crippen molar-refractivity contribution in [1.82, 2.24) is 0 Å². The summed E-state index contributed by atoms with van der Waals surface area (Å²) in [5, 5.41) is 9.33. The average molecular weight is 186 g/mol. The molecule has 76 valence electrons. The molecule has 0 amide bonds. The van der Waals surface area contributed by atoms with Gasteiger partial charge < -0.3 is 14.6 Å². The lowest BCUT2D eigenvalue weighted by atomic mass is 10.1. The number of aliphatic hydroxyl groups is 1. The summed E-state index contributed by atoms with van der Waals surface area (Å²) in [6, 6.07) is 0. The Morgan fingerprint density at radius 1 is 1.31 bits per heavy atom. The molecule has 3 atom stereocenters. The maximum absolute atomic E-state index is 9.33. The van der Waals surface area contributed by atoms with Gasteiger partial charge in [0.05, 0.1) is 17.8 Å². The van der Waals surface area contributed by atoms with Crippen molar-refractivity contribution >= 4 is 0 Å². The minimum Gasteiger partial charge on any atom is -0.386 e. The van der Waals surface area contributed by atoms with Crippen LogP contribution in [-0.2, 0) is 9.47 Å². The number of hydrogen-bond donors (Lipinski definition) is 1. The predicted molar refractivity (Wildman–Crippen MR) is 50.3 cm³/mol. The number of hydrogen-bond acceptors (Lipinski definition) is 3. The van der Waals surface area contributed by atoms with Crippen LogP contribution in [0.3, 0.4) is 0 Å². The molecular weight excluding hydrogens is 168 g/mol. The zero-order valence-electron chi connectivity index (χ0n) is 8.65. The summed E-state index contributed by atoms with van der Waals surface area (Å²) in [5.74, 6) is 0. The lowest BCUT2D eigenvalue weighted by Crippen LogP contribution is -2.37. The normalized spacial score (nSPS) is 35.0. The monoisotopic (exact) mass is 186 g/mol. The van der Waals surface area contributed by atoms with Crippen molar-refractivity contribution in [2.24, 2.45) is 0 Å². The molecule has 1 aliphatic heterocycles. The van der Waals surface area contributed by atoms with Crippen LogP contribution < -0.4 is 0 Å². The second-order valence-electron chi connectivity index (χ2n) is 4.32.